The highest BCUT2D eigenvalue weighted by Crippen LogP contribution is 2.27. The molecule has 0 spiro atoms. The molecule has 2 aromatic carbocycles. The third-order valence-corrected chi connectivity index (χ3v) is 6.89. The summed E-state index contributed by atoms with van der Waals surface area (Å²) < 4.78 is 5.36. The predicted octanol–water partition coefficient (Wildman–Crippen LogP) is 3.36. The summed E-state index contributed by atoms with van der Waals surface area (Å²) in [5.41, 5.74) is 1.09. The zero-order valence-corrected chi connectivity index (χ0v) is 19.7. The van der Waals surface area contributed by atoms with Crippen molar-refractivity contribution in [3.63, 3.8) is 0 Å². The number of carbonyl (C=O) groups excluding carboxylic acids is 3. The molecule has 1 atom stereocenters. The van der Waals surface area contributed by atoms with Crippen LogP contribution >= 0.6 is 0 Å². The van der Waals surface area contributed by atoms with Crippen LogP contribution in [-0.2, 0) is 4.79 Å². The van der Waals surface area contributed by atoms with E-state index in [1.807, 2.05) is 40.1 Å². The van der Waals surface area contributed by atoms with Gasteiger partial charge in [-0.1, -0.05) is 30.3 Å². The van der Waals surface area contributed by atoms with E-state index >= 15 is 0 Å². The van der Waals surface area contributed by atoms with E-state index in [0.29, 0.717) is 42.8 Å². The summed E-state index contributed by atoms with van der Waals surface area (Å²) in [7, 11) is 1.56. The quantitative estimate of drug-likeness (QED) is 0.713. The number of amides is 3. The number of nitrogens with one attached hydrogen (secondary N) is 1. The first-order valence-electron chi connectivity index (χ1n) is 12.2. The Labute approximate surface area is 201 Å². The predicted molar refractivity (Wildman–Crippen MR) is 130 cm³/mol. The third kappa shape index (κ3) is 5.41. The van der Waals surface area contributed by atoms with E-state index in [9.17, 15) is 14.4 Å². The van der Waals surface area contributed by atoms with E-state index in [0.717, 1.165) is 32.4 Å². The first-order valence-corrected chi connectivity index (χ1v) is 12.2. The molecule has 2 fully saturated rings. The summed E-state index contributed by atoms with van der Waals surface area (Å²) in [4.78, 5) is 43.3. The molecule has 2 aliphatic rings. The minimum absolute atomic E-state index is 0.00140. The van der Waals surface area contributed by atoms with Gasteiger partial charge in [0.15, 0.2) is 0 Å². The Morgan fingerprint density at radius 3 is 2.18 bits per heavy atom. The van der Waals surface area contributed by atoms with Gasteiger partial charge in [0.2, 0.25) is 5.91 Å². The Bertz CT molecular complexity index is 996. The molecule has 4 rings (SSSR count). The molecular weight excluding hydrogens is 430 g/mol. The number of benzene rings is 2. The molecule has 2 saturated heterocycles. The highest BCUT2D eigenvalue weighted by molar-refractivity contribution is 5.98. The van der Waals surface area contributed by atoms with Gasteiger partial charge in [0, 0.05) is 31.7 Å². The third-order valence-electron chi connectivity index (χ3n) is 6.89. The van der Waals surface area contributed by atoms with Crippen LogP contribution in [0.1, 0.15) is 52.8 Å². The number of rotatable bonds is 6. The van der Waals surface area contributed by atoms with E-state index in [2.05, 4.69) is 5.32 Å². The van der Waals surface area contributed by atoms with Crippen molar-refractivity contribution in [1.82, 2.24) is 15.1 Å². The van der Waals surface area contributed by atoms with Crippen LogP contribution in [0.25, 0.3) is 0 Å². The van der Waals surface area contributed by atoms with Crippen LogP contribution in [0.2, 0.25) is 0 Å². The number of hydrogen-bond acceptors (Lipinski definition) is 4. The molecule has 2 aromatic rings. The Balaban J connectivity index is 1.46. The fourth-order valence-corrected chi connectivity index (χ4v) is 4.93. The molecule has 7 heteroatoms. The molecule has 0 bridgehead atoms. The summed E-state index contributed by atoms with van der Waals surface area (Å²) in [5, 5.41) is 3.04. The van der Waals surface area contributed by atoms with Crippen molar-refractivity contribution in [2.24, 2.45) is 5.92 Å². The summed E-state index contributed by atoms with van der Waals surface area (Å²) >= 11 is 0. The second-order valence-corrected chi connectivity index (χ2v) is 9.03. The molecule has 0 aliphatic carbocycles. The van der Waals surface area contributed by atoms with Crippen molar-refractivity contribution in [3.8, 4) is 5.75 Å². The van der Waals surface area contributed by atoms with Crippen LogP contribution in [0.4, 0.5) is 0 Å². The average molecular weight is 464 g/mol. The van der Waals surface area contributed by atoms with Gasteiger partial charge in [-0.3, -0.25) is 14.4 Å². The van der Waals surface area contributed by atoms with Crippen molar-refractivity contribution < 1.29 is 19.1 Å². The van der Waals surface area contributed by atoms with Crippen molar-refractivity contribution >= 4 is 17.7 Å². The lowest BCUT2D eigenvalue weighted by Crippen LogP contribution is -2.55. The monoisotopic (exact) mass is 463 g/mol. The average Bonchev–Trinajstić information content (AvgIpc) is 2.92. The molecule has 0 saturated carbocycles. The van der Waals surface area contributed by atoms with Gasteiger partial charge in [0.1, 0.15) is 11.8 Å². The van der Waals surface area contributed by atoms with Crippen LogP contribution in [0.5, 0.6) is 5.75 Å². The molecule has 3 amide bonds. The fraction of sp³-hybridized carbons (Fsp3) is 0.444. The van der Waals surface area contributed by atoms with Crippen molar-refractivity contribution in [3.05, 3.63) is 65.7 Å². The summed E-state index contributed by atoms with van der Waals surface area (Å²) in [6, 6.07) is 15.6. The fourth-order valence-electron chi connectivity index (χ4n) is 4.93. The zero-order chi connectivity index (χ0) is 23.9. The van der Waals surface area contributed by atoms with Gasteiger partial charge < -0.3 is 19.9 Å². The van der Waals surface area contributed by atoms with Crippen LogP contribution in [0.15, 0.2) is 54.6 Å². The van der Waals surface area contributed by atoms with Crippen LogP contribution in [-0.4, -0.2) is 66.9 Å². The number of para-hydroxylation sites is 1. The molecule has 180 valence electrons. The standard InChI is InChI=1S/C27H33N3O4/c1-34-23-13-7-6-12-22(23)26(32)30-18-14-20(15-19-30)24(27(33)29-16-8-3-9-17-29)28-25(31)21-10-4-2-5-11-21/h2,4-7,10-13,20,24H,3,8-9,14-19H2,1H3,(H,28,31). The van der Waals surface area contributed by atoms with Crippen molar-refractivity contribution in [1.29, 1.82) is 0 Å². The maximum absolute atomic E-state index is 13.5. The molecule has 0 radical (unpaired) electrons. The Morgan fingerprint density at radius 2 is 1.50 bits per heavy atom. The smallest absolute Gasteiger partial charge is 0.257 e. The molecule has 1 N–H and O–H groups in total. The molecule has 7 nitrogen and oxygen atoms in total. The van der Waals surface area contributed by atoms with Crippen molar-refractivity contribution in [2.75, 3.05) is 33.3 Å². The summed E-state index contributed by atoms with van der Waals surface area (Å²) in [6.07, 6.45) is 4.43. The zero-order valence-electron chi connectivity index (χ0n) is 19.7. The SMILES string of the molecule is COc1ccccc1C(=O)N1CCC(C(NC(=O)c2ccccc2)C(=O)N2CCCCC2)CC1. The van der Waals surface area contributed by atoms with E-state index < -0.39 is 6.04 Å². The Kier molecular flexibility index (Phi) is 7.83. The second-order valence-electron chi connectivity index (χ2n) is 9.03. The van der Waals surface area contributed by atoms with Gasteiger partial charge >= 0.3 is 0 Å². The second kappa shape index (κ2) is 11.2. The highest BCUT2D eigenvalue weighted by Gasteiger charge is 2.36. The van der Waals surface area contributed by atoms with Crippen LogP contribution in [0.3, 0.4) is 0 Å². The van der Waals surface area contributed by atoms with E-state index in [4.69, 9.17) is 4.74 Å². The van der Waals surface area contributed by atoms with Gasteiger partial charge in [-0.05, 0) is 62.3 Å². The summed E-state index contributed by atoms with van der Waals surface area (Å²) in [5.74, 6) is 0.233. The number of methoxy groups -OCH3 is 1. The Morgan fingerprint density at radius 1 is 0.853 bits per heavy atom. The lowest BCUT2D eigenvalue weighted by Gasteiger charge is -2.38. The largest absolute Gasteiger partial charge is 0.496 e. The van der Waals surface area contributed by atoms with Gasteiger partial charge in [-0.2, -0.15) is 0 Å². The number of hydrogen-bond donors (Lipinski definition) is 1. The van der Waals surface area contributed by atoms with Gasteiger partial charge in [-0.15, -0.1) is 0 Å². The number of likely N-dealkylation sites (tertiary alicyclic amines) is 2. The Hall–Kier alpha value is -3.35. The molecule has 1 unspecified atom stereocenters. The molecule has 2 heterocycles. The van der Waals surface area contributed by atoms with E-state index in [-0.39, 0.29) is 23.6 Å². The van der Waals surface area contributed by atoms with E-state index in [1.54, 1.807) is 31.4 Å². The lowest BCUT2D eigenvalue weighted by molar-refractivity contribution is -0.136. The number of ether oxygens (including phenoxy) is 1. The number of piperidine rings is 2. The first kappa shape index (κ1) is 23.8. The number of carbonyl (C=O) groups is 3. The van der Waals surface area contributed by atoms with Crippen molar-refractivity contribution in [2.45, 2.75) is 38.1 Å². The maximum atomic E-state index is 13.5. The van der Waals surface area contributed by atoms with Gasteiger partial charge in [0.05, 0.1) is 12.7 Å². The lowest BCUT2D eigenvalue weighted by atomic mass is 9.87. The first-order chi connectivity index (χ1) is 16.6. The molecular formula is C27H33N3O4. The van der Waals surface area contributed by atoms with Crippen LogP contribution < -0.4 is 10.1 Å². The highest BCUT2D eigenvalue weighted by atomic mass is 16.5. The minimum atomic E-state index is -0.589. The molecule has 0 aromatic heterocycles. The van der Waals surface area contributed by atoms with Gasteiger partial charge in [-0.25, -0.2) is 0 Å². The molecule has 2 aliphatic heterocycles. The van der Waals surface area contributed by atoms with Gasteiger partial charge in [0.25, 0.3) is 11.8 Å². The summed E-state index contributed by atoms with van der Waals surface area (Å²) in [6.45, 7) is 2.54. The maximum Gasteiger partial charge on any atom is 0.257 e. The normalized spacial score (nSPS) is 17.7. The van der Waals surface area contributed by atoms with Crippen LogP contribution in [0, 0.1) is 5.92 Å². The topological polar surface area (TPSA) is 79.0 Å². The molecule has 34 heavy (non-hydrogen) atoms. The van der Waals surface area contributed by atoms with E-state index in [1.165, 1.54) is 0 Å². The number of nitrogens with zero attached hydrogens (tertiary/aromatic N) is 2. The minimum Gasteiger partial charge on any atom is -0.496 e.